The summed E-state index contributed by atoms with van der Waals surface area (Å²) in [5.74, 6) is 0. The monoisotopic (exact) mass is 404 g/mol. The van der Waals surface area contributed by atoms with Crippen LogP contribution in [0.2, 0.25) is 13.1 Å². The Labute approximate surface area is 153 Å². The number of hydrogen-bond acceptors (Lipinski definition) is 0. The molecule has 0 radical (unpaired) electrons. The fourth-order valence-electron chi connectivity index (χ4n) is 1.26. The molecule has 2 aliphatic carbocycles. The second-order valence-corrected chi connectivity index (χ2v) is 14.8. The van der Waals surface area contributed by atoms with Gasteiger partial charge in [0.05, 0.1) is 0 Å². The third kappa shape index (κ3) is 16.7. The normalized spacial score (nSPS) is 14.1. The third-order valence-electron chi connectivity index (χ3n) is 2.15. The Balaban J connectivity index is -0.000000228. The molecule has 0 atom stereocenters. The van der Waals surface area contributed by atoms with Crippen LogP contribution in [-0.4, -0.2) is 5.43 Å². The Kier molecular flexibility index (Phi) is 18.6. The van der Waals surface area contributed by atoms with Gasteiger partial charge in [0.2, 0.25) is 0 Å². The minimum Gasteiger partial charge on any atom is -1.00 e. The predicted octanol–water partition coefficient (Wildman–Crippen LogP) is -1.18. The quantitative estimate of drug-likeness (QED) is 0.351. The van der Waals surface area contributed by atoms with Crippen molar-refractivity contribution in [2.24, 2.45) is 5.41 Å². The zero-order valence-corrected chi connectivity index (χ0v) is 18.0. The van der Waals surface area contributed by atoms with Crippen molar-refractivity contribution >= 4 is 5.43 Å². The molecular weight excluding hydrogens is 382 g/mol. The van der Waals surface area contributed by atoms with E-state index in [1.54, 1.807) is 23.3 Å². The summed E-state index contributed by atoms with van der Waals surface area (Å²) >= 11 is 1.74. The van der Waals surface area contributed by atoms with Gasteiger partial charge in [-0.1, -0.05) is 26.2 Å². The Morgan fingerprint density at radius 3 is 1.80 bits per heavy atom. The van der Waals surface area contributed by atoms with E-state index >= 15 is 0 Å². The molecule has 0 fully saturated rings. The Morgan fingerprint density at radius 2 is 1.65 bits per heavy atom. The van der Waals surface area contributed by atoms with Crippen molar-refractivity contribution in [3.8, 4) is 0 Å². The summed E-state index contributed by atoms with van der Waals surface area (Å²) in [5.41, 5.74) is 1.95. The van der Waals surface area contributed by atoms with Gasteiger partial charge in [0.15, 0.2) is 0 Å². The molecule has 0 saturated carbocycles. The minimum absolute atomic E-state index is 0. The summed E-state index contributed by atoms with van der Waals surface area (Å²) in [5, 5.41) is 0. The number of hydrogen-bond donors (Lipinski definition) is 0. The largest absolute Gasteiger partial charge is 1.00 e. The van der Waals surface area contributed by atoms with Gasteiger partial charge in [0.1, 0.15) is 0 Å². The average Bonchev–Trinajstić information content (AvgIpc) is 2.93. The van der Waals surface area contributed by atoms with E-state index in [2.05, 4.69) is 64.2 Å². The molecule has 2 rings (SSSR count). The maximum absolute atomic E-state index is 3.16. The molecule has 0 aromatic heterocycles. The Bertz CT molecular complexity index is 360. The van der Waals surface area contributed by atoms with E-state index in [1.807, 2.05) is 12.2 Å². The van der Waals surface area contributed by atoms with Crippen LogP contribution in [0.3, 0.4) is 0 Å². The first kappa shape index (κ1) is 25.6. The molecule has 0 heterocycles. The van der Waals surface area contributed by atoms with Gasteiger partial charge in [0, 0.05) is 0 Å². The first-order valence-corrected chi connectivity index (χ1v) is 12.5. The van der Waals surface area contributed by atoms with E-state index in [0.717, 1.165) is 12.8 Å². The second kappa shape index (κ2) is 14.6. The molecule has 0 saturated heterocycles. The van der Waals surface area contributed by atoms with Crippen LogP contribution in [0.4, 0.5) is 0 Å². The first-order valence-electron chi connectivity index (χ1n) is 6.34. The summed E-state index contributed by atoms with van der Waals surface area (Å²) in [6, 6.07) is 0. The van der Waals surface area contributed by atoms with Gasteiger partial charge < -0.3 is 24.8 Å². The van der Waals surface area contributed by atoms with Crippen LogP contribution < -0.4 is 24.8 Å². The molecule has 0 bridgehead atoms. The summed E-state index contributed by atoms with van der Waals surface area (Å²) in [4.78, 5) is 0. The fourth-order valence-corrected chi connectivity index (χ4v) is 1.26. The predicted molar refractivity (Wildman–Crippen MR) is 79.0 cm³/mol. The summed E-state index contributed by atoms with van der Waals surface area (Å²) in [6.07, 6.45) is 18.5. The summed E-state index contributed by atoms with van der Waals surface area (Å²) in [6.45, 7) is 11.3. The molecule has 112 valence electrons. The summed E-state index contributed by atoms with van der Waals surface area (Å²) in [7, 11) is 0. The van der Waals surface area contributed by atoms with Crippen molar-refractivity contribution in [2.75, 3.05) is 0 Å². The molecule has 0 unspecified atom stereocenters. The van der Waals surface area contributed by atoms with Gasteiger partial charge in [-0.05, 0) is 0 Å². The van der Waals surface area contributed by atoms with Crippen molar-refractivity contribution in [3.63, 3.8) is 0 Å². The van der Waals surface area contributed by atoms with E-state index in [4.69, 9.17) is 0 Å². The number of rotatable bonds is 0. The zero-order chi connectivity index (χ0) is 14.0. The molecule has 20 heavy (non-hydrogen) atoms. The van der Waals surface area contributed by atoms with E-state index in [-0.39, 0.29) is 30.2 Å². The van der Waals surface area contributed by atoms with Crippen molar-refractivity contribution < 1.29 is 48.1 Å². The molecule has 2 aliphatic rings. The van der Waals surface area contributed by atoms with Gasteiger partial charge in [-0.2, -0.15) is 17.7 Å². The van der Waals surface area contributed by atoms with Gasteiger partial charge in [-0.3, -0.25) is 12.2 Å². The topological polar surface area (TPSA) is 0 Å². The summed E-state index contributed by atoms with van der Waals surface area (Å²) < 4.78 is 0. The standard InChI is InChI=1S/C9H13.C5H5.C2H6Si.2ClH.Zr/c1-9(2,3)8-6-4-5-7-8;1-2-4-5-3-1;1-3-2;;;/h6-7H,4H2,1-3H3;1-3H,4H2;1-2H3;2*1H;/q2*-1;;;;+2/p-2. The van der Waals surface area contributed by atoms with Crippen LogP contribution in [0, 0.1) is 17.6 Å². The Hall–Kier alpha value is 0.640. The average molecular weight is 407 g/mol. The first-order chi connectivity index (χ1) is 8.34. The van der Waals surface area contributed by atoms with Crippen LogP contribution in [-0.2, 0) is 23.3 Å². The van der Waals surface area contributed by atoms with Gasteiger partial charge in [0.25, 0.3) is 0 Å². The Morgan fingerprint density at radius 1 is 1.10 bits per heavy atom. The number of allylic oxidation sites excluding steroid dienone is 8. The zero-order valence-electron chi connectivity index (χ0n) is 13.1. The van der Waals surface area contributed by atoms with E-state index in [0.29, 0.717) is 5.41 Å². The molecule has 4 heteroatoms. The van der Waals surface area contributed by atoms with Gasteiger partial charge in [-0.15, -0.1) is 12.8 Å². The molecule has 0 N–H and O–H groups in total. The third-order valence-corrected chi connectivity index (χ3v) is 2.15. The van der Waals surface area contributed by atoms with Gasteiger partial charge in [-0.25, -0.2) is 18.2 Å². The van der Waals surface area contributed by atoms with E-state index < -0.39 is 0 Å². The van der Waals surface area contributed by atoms with Crippen LogP contribution in [0.15, 0.2) is 36.0 Å². The van der Waals surface area contributed by atoms with Crippen LogP contribution in [0.1, 0.15) is 33.6 Å². The minimum atomic E-state index is 0. The molecule has 0 aromatic rings. The van der Waals surface area contributed by atoms with E-state index in [9.17, 15) is 0 Å². The smallest absolute Gasteiger partial charge is 0.109 e. The number of halogens is 2. The van der Waals surface area contributed by atoms with E-state index in [1.165, 1.54) is 5.57 Å². The molecular formula is C16H24Cl2SiZr-2. The maximum Gasteiger partial charge on any atom is -0.109 e. The maximum atomic E-state index is 3.16. The van der Waals surface area contributed by atoms with Crippen LogP contribution in [0.5, 0.6) is 0 Å². The SMILES string of the molecule is CC(C)(C)C1=CC[C-]=C1.C[Si](C)=[Zr+2].[C-]1=CC=CC1.[Cl-].[Cl-]. The van der Waals surface area contributed by atoms with Gasteiger partial charge >= 0.3 is 41.9 Å². The molecule has 0 aliphatic heterocycles. The molecule has 0 amide bonds. The van der Waals surface area contributed by atoms with Crippen LogP contribution >= 0.6 is 0 Å². The second-order valence-electron chi connectivity index (χ2n) is 5.47. The molecule has 0 spiro atoms. The van der Waals surface area contributed by atoms with Crippen molar-refractivity contribution in [1.82, 2.24) is 0 Å². The fraction of sp³-hybridized carbons (Fsp3) is 0.500. The molecule has 0 aromatic carbocycles. The van der Waals surface area contributed by atoms with Crippen molar-refractivity contribution in [2.45, 2.75) is 46.7 Å². The van der Waals surface area contributed by atoms with Crippen molar-refractivity contribution in [1.29, 1.82) is 0 Å². The van der Waals surface area contributed by atoms with Crippen LogP contribution in [0.25, 0.3) is 0 Å². The molecule has 0 nitrogen and oxygen atoms in total. The van der Waals surface area contributed by atoms with Crippen molar-refractivity contribution in [3.05, 3.63) is 48.1 Å².